The Morgan fingerprint density at radius 3 is 2.41 bits per heavy atom. The molecule has 2 heterocycles. The van der Waals surface area contributed by atoms with Gasteiger partial charge in [0.1, 0.15) is 5.75 Å². The van der Waals surface area contributed by atoms with Crippen molar-refractivity contribution in [3.63, 3.8) is 0 Å². The molecule has 0 aromatic heterocycles. The van der Waals surface area contributed by atoms with Crippen molar-refractivity contribution in [1.82, 2.24) is 10.2 Å². The molecule has 4 rings (SSSR count). The Morgan fingerprint density at radius 2 is 1.68 bits per heavy atom. The summed E-state index contributed by atoms with van der Waals surface area (Å²) in [4.78, 5) is 17.0. The van der Waals surface area contributed by atoms with E-state index < -0.39 is 21.7 Å². The fourth-order valence-electron chi connectivity index (χ4n) is 4.80. The lowest BCUT2D eigenvalue weighted by Gasteiger charge is -2.28. The number of likely N-dealkylation sites (tertiary alicyclic amines) is 1. The number of carbonyl (C=O) groups is 1. The predicted molar refractivity (Wildman–Crippen MR) is 138 cm³/mol. The molecule has 2 fully saturated rings. The average molecular weight is 485 g/mol. The predicted octanol–water partition coefficient (Wildman–Crippen LogP) is 3.10. The van der Waals surface area contributed by atoms with Crippen LogP contribution in [-0.2, 0) is 21.2 Å². The van der Waals surface area contributed by atoms with Crippen molar-refractivity contribution in [3.8, 4) is 0 Å². The number of sulfonamides is 1. The van der Waals surface area contributed by atoms with Gasteiger partial charge in [0, 0.05) is 44.1 Å². The van der Waals surface area contributed by atoms with Crippen LogP contribution in [0.4, 0.5) is 11.4 Å². The molecule has 2 N–H and O–H groups in total. The quantitative estimate of drug-likeness (QED) is 0.542. The van der Waals surface area contributed by atoms with Gasteiger partial charge in [0.2, 0.25) is 15.9 Å². The van der Waals surface area contributed by atoms with Crippen LogP contribution < -0.4 is 14.9 Å². The lowest BCUT2D eigenvalue weighted by molar-refractivity contribution is -0.118. The van der Waals surface area contributed by atoms with Crippen molar-refractivity contribution in [2.45, 2.75) is 32.1 Å². The van der Waals surface area contributed by atoms with E-state index in [1.807, 2.05) is 18.2 Å². The molecule has 2 aliphatic rings. The van der Waals surface area contributed by atoms with Crippen LogP contribution in [0, 0.1) is 5.92 Å². The van der Waals surface area contributed by atoms with Gasteiger partial charge in [-0.05, 0) is 74.4 Å². The van der Waals surface area contributed by atoms with Crippen LogP contribution in [-0.4, -0.2) is 64.2 Å². The van der Waals surface area contributed by atoms with Crippen molar-refractivity contribution in [1.29, 1.82) is 0 Å². The maximum atomic E-state index is 12.5. The van der Waals surface area contributed by atoms with Gasteiger partial charge < -0.3 is 15.1 Å². The molecule has 2 aromatic carbocycles. The number of carbonyl (C=O) groups excluding carboxylic acids is 1. The summed E-state index contributed by atoms with van der Waals surface area (Å²) in [6.07, 6.45) is 5.68. The molecule has 0 spiro atoms. The SMILES string of the molecule is O=C(CS(=O)(=O)Nc1ccc(N2CCCCC2)cc1)NCC1CCN(CCc2ccccc2)C1. The van der Waals surface area contributed by atoms with Crippen LogP contribution in [0.1, 0.15) is 31.2 Å². The topological polar surface area (TPSA) is 81.8 Å². The van der Waals surface area contributed by atoms with E-state index in [-0.39, 0.29) is 0 Å². The van der Waals surface area contributed by atoms with E-state index in [4.69, 9.17) is 0 Å². The maximum absolute atomic E-state index is 12.5. The molecule has 34 heavy (non-hydrogen) atoms. The lowest BCUT2D eigenvalue weighted by atomic mass is 10.1. The van der Waals surface area contributed by atoms with E-state index in [0.29, 0.717) is 18.2 Å². The van der Waals surface area contributed by atoms with E-state index in [1.165, 1.54) is 24.8 Å². The van der Waals surface area contributed by atoms with E-state index >= 15 is 0 Å². The van der Waals surface area contributed by atoms with E-state index in [0.717, 1.165) is 51.3 Å². The number of amides is 1. The first-order chi connectivity index (χ1) is 16.5. The molecule has 1 atom stereocenters. The summed E-state index contributed by atoms with van der Waals surface area (Å²) in [5, 5.41) is 2.82. The van der Waals surface area contributed by atoms with Gasteiger partial charge in [0.25, 0.3) is 0 Å². The summed E-state index contributed by atoms with van der Waals surface area (Å²) in [7, 11) is -3.75. The van der Waals surface area contributed by atoms with Crippen LogP contribution in [0.15, 0.2) is 54.6 Å². The van der Waals surface area contributed by atoms with Crippen LogP contribution in [0.25, 0.3) is 0 Å². The second kappa shape index (κ2) is 11.7. The third-order valence-corrected chi connectivity index (χ3v) is 7.89. The van der Waals surface area contributed by atoms with Crippen molar-refractivity contribution < 1.29 is 13.2 Å². The van der Waals surface area contributed by atoms with Gasteiger partial charge in [-0.1, -0.05) is 30.3 Å². The first-order valence-electron chi connectivity index (χ1n) is 12.4. The molecule has 0 radical (unpaired) electrons. The minimum Gasteiger partial charge on any atom is -0.372 e. The largest absolute Gasteiger partial charge is 0.372 e. The van der Waals surface area contributed by atoms with E-state index in [9.17, 15) is 13.2 Å². The highest BCUT2D eigenvalue weighted by atomic mass is 32.2. The number of anilines is 2. The number of rotatable bonds is 10. The van der Waals surface area contributed by atoms with Crippen molar-refractivity contribution in [2.24, 2.45) is 5.92 Å². The summed E-state index contributed by atoms with van der Waals surface area (Å²) in [6, 6.07) is 17.8. The summed E-state index contributed by atoms with van der Waals surface area (Å²) in [5.74, 6) is -0.663. The van der Waals surface area contributed by atoms with Gasteiger partial charge in [0.15, 0.2) is 0 Å². The molecule has 184 valence electrons. The molecule has 2 saturated heterocycles. The van der Waals surface area contributed by atoms with Crippen molar-refractivity contribution in [3.05, 3.63) is 60.2 Å². The zero-order valence-electron chi connectivity index (χ0n) is 19.8. The number of piperidine rings is 1. The monoisotopic (exact) mass is 484 g/mol. The van der Waals surface area contributed by atoms with E-state index in [1.54, 1.807) is 12.1 Å². The standard InChI is InChI=1S/C26H36N4O3S/c31-26(27-19-23-14-18-29(20-23)17-13-22-7-3-1-4-8-22)21-34(32,33)28-24-9-11-25(12-10-24)30-15-5-2-6-16-30/h1,3-4,7-12,23,28H,2,5-6,13-21H2,(H,27,31). The molecule has 2 aliphatic heterocycles. The smallest absolute Gasteiger partial charge is 0.241 e. The molecular formula is C26H36N4O3S. The van der Waals surface area contributed by atoms with Gasteiger partial charge in [-0.25, -0.2) is 8.42 Å². The Balaban J connectivity index is 1.17. The molecule has 7 nitrogen and oxygen atoms in total. The average Bonchev–Trinajstić information content (AvgIpc) is 3.30. The highest BCUT2D eigenvalue weighted by molar-refractivity contribution is 7.93. The van der Waals surface area contributed by atoms with Gasteiger partial charge in [-0.2, -0.15) is 0 Å². The van der Waals surface area contributed by atoms with Gasteiger partial charge in [0.05, 0.1) is 0 Å². The van der Waals surface area contributed by atoms with Crippen LogP contribution >= 0.6 is 0 Å². The Kier molecular flexibility index (Phi) is 8.45. The second-order valence-corrected chi connectivity index (χ2v) is 11.2. The zero-order chi connectivity index (χ0) is 23.8. The molecule has 8 heteroatoms. The van der Waals surface area contributed by atoms with Gasteiger partial charge in [-0.15, -0.1) is 0 Å². The molecule has 0 aliphatic carbocycles. The molecule has 0 saturated carbocycles. The first-order valence-corrected chi connectivity index (χ1v) is 14.0. The zero-order valence-corrected chi connectivity index (χ0v) is 20.6. The fraction of sp³-hybridized carbons (Fsp3) is 0.500. The minimum atomic E-state index is -3.75. The van der Waals surface area contributed by atoms with Crippen molar-refractivity contribution in [2.75, 3.05) is 54.6 Å². The normalized spacial score (nSPS) is 19.2. The number of benzene rings is 2. The first kappa shape index (κ1) is 24.5. The summed E-state index contributed by atoms with van der Waals surface area (Å²) >= 11 is 0. The van der Waals surface area contributed by atoms with E-state index in [2.05, 4.69) is 44.1 Å². The highest BCUT2D eigenvalue weighted by Gasteiger charge is 2.24. The van der Waals surface area contributed by atoms with Crippen LogP contribution in [0.2, 0.25) is 0 Å². The molecule has 1 unspecified atom stereocenters. The molecule has 2 aromatic rings. The second-order valence-electron chi connectivity index (χ2n) is 9.45. The third-order valence-electron chi connectivity index (χ3n) is 6.70. The summed E-state index contributed by atoms with van der Waals surface area (Å²) in [5.41, 5.74) is 2.92. The Hall–Kier alpha value is -2.58. The number of hydrogen-bond donors (Lipinski definition) is 2. The Bertz CT molecular complexity index is 1020. The van der Waals surface area contributed by atoms with Gasteiger partial charge >= 0.3 is 0 Å². The highest BCUT2D eigenvalue weighted by Crippen LogP contribution is 2.22. The maximum Gasteiger partial charge on any atom is 0.241 e. The summed E-state index contributed by atoms with van der Waals surface area (Å²) in [6.45, 7) is 5.54. The van der Waals surface area contributed by atoms with Crippen LogP contribution in [0.5, 0.6) is 0 Å². The Labute approximate surface area is 203 Å². The number of nitrogens with one attached hydrogen (secondary N) is 2. The molecule has 1 amide bonds. The number of hydrogen-bond acceptors (Lipinski definition) is 5. The third kappa shape index (κ3) is 7.46. The fourth-order valence-corrected chi connectivity index (χ4v) is 5.82. The lowest BCUT2D eigenvalue weighted by Crippen LogP contribution is -2.36. The summed E-state index contributed by atoms with van der Waals surface area (Å²) < 4.78 is 27.5. The minimum absolute atomic E-state index is 0.359. The molecule has 0 bridgehead atoms. The van der Waals surface area contributed by atoms with Crippen molar-refractivity contribution >= 4 is 27.3 Å². The molecular weight excluding hydrogens is 448 g/mol. The van der Waals surface area contributed by atoms with Crippen LogP contribution in [0.3, 0.4) is 0 Å². The number of nitrogens with zero attached hydrogens (tertiary/aromatic N) is 2. The van der Waals surface area contributed by atoms with Gasteiger partial charge in [-0.3, -0.25) is 9.52 Å². The Morgan fingerprint density at radius 1 is 0.941 bits per heavy atom.